The number of ether oxygens (including phenoxy) is 4. The zero-order valence-electron chi connectivity index (χ0n) is 46.5. The number of aliphatic hydroxyl groups is 1. The van der Waals surface area contributed by atoms with Crippen molar-refractivity contribution in [3.63, 3.8) is 0 Å². The molecule has 18 nitrogen and oxygen atoms in total. The molecule has 79 heavy (non-hydrogen) atoms. The van der Waals surface area contributed by atoms with Crippen molar-refractivity contribution in [1.29, 1.82) is 0 Å². The number of nitrogens with one attached hydrogen (secondary N) is 2. The second kappa shape index (κ2) is 22.4. The van der Waals surface area contributed by atoms with Crippen LogP contribution in [-0.4, -0.2) is 130 Å². The van der Waals surface area contributed by atoms with Crippen LogP contribution < -0.4 is 24.6 Å². The first-order chi connectivity index (χ1) is 37.8. The van der Waals surface area contributed by atoms with Crippen molar-refractivity contribution in [2.24, 2.45) is 11.3 Å². The molecule has 1 amide bonds. The van der Waals surface area contributed by atoms with Gasteiger partial charge in [-0.3, -0.25) is 19.8 Å². The molecule has 1 spiro atoms. The largest absolute Gasteiger partial charge is 0.468 e. The van der Waals surface area contributed by atoms with Crippen LogP contribution in [0.15, 0.2) is 83.9 Å². The highest BCUT2D eigenvalue weighted by Crippen LogP contribution is 2.54. The van der Waals surface area contributed by atoms with Gasteiger partial charge in [-0.2, -0.15) is 4.98 Å². The molecule has 2 aliphatic carbocycles. The minimum absolute atomic E-state index is 0.109. The highest BCUT2D eigenvalue weighted by molar-refractivity contribution is 7.90. The lowest BCUT2D eigenvalue weighted by atomic mass is 9.59. The topological polar surface area (TPSA) is 203 Å². The van der Waals surface area contributed by atoms with Gasteiger partial charge in [-0.15, -0.1) is 0 Å². The number of rotatable bonds is 16. The summed E-state index contributed by atoms with van der Waals surface area (Å²) in [6, 6.07) is 23.4. The molecule has 6 heterocycles. The molecule has 2 saturated carbocycles. The number of benzene rings is 3. The van der Waals surface area contributed by atoms with Crippen molar-refractivity contribution in [2.75, 3.05) is 74.3 Å². The Morgan fingerprint density at radius 1 is 0.937 bits per heavy atom. The average molecular weight is 1120 g/mol. The lowest BCUT2D eigenvalue weighted by molar-refractivity contribution is -0.384. The van der Waals surface area contributed by atoms with E-state index in [1.165, 1.54) is 23.3 Å². The van der Waals surface area contributed by atoms with Gasteiger partial charge in [-0.25, -0.2) is 13.1 Å². The molecule has 11 rings (SSSR count). The number of aromatic nitrogens is 2. The molecule has 424 valence electrons. The normalized spacial score (nSPS) is 24.7. The van der Waals surface area contributed by atoms with Crippen LogP contribution in [0, 0.1) is 28.4 Å². The van der Waals surface area contributed by atoms with E-state index in [0.29, 0.717) is 81.3 Å². The Hall–Kier alpha value is -5.61. The number of pyridine rings is 1. The molecular formula is C59H78N8O10SSi. The second-order valence-corrected chi connectivity index (χ2v) is 32.1. The number of nitro benzene ring substituents is 1. The van der Waals surface area contributed by atoms with Gasteiger partial charge in [0.25, 0.3) is 21.6 Å². The van der Waals surface area contributed by atoms with Crippen molar-refractivity contribution in [2.45, 2.75) is 145 Å². The molecule has 5 fully saturated rings. The molecule has 6 aliphatic rings. The molecule has 5 aromatic rings. The van der Waals surface area contributed by atoms with E-state index in [4.69, 9.17) is 23.9 Å². The Morgan fingerprint density at radius 3 is 2.47 bits per heavy atom. The van der Waals surface area contributed by atoms with Gasteiger partial charge in [-0.05, 0) is 149 Å². The summed E-state index contributed by atoms with van der Waals surface area (Å²) in [5, 5.41) is 26.9. The van der Waals surface area contributed by atoms with Gasteiger partial charge in [-0.1, -0.05) is 43.9 Å². The first-order valence-corrected chi connectivity index (χ1v) is 33.7. The predicted molar refractivity (Wildman–Crippen MR) is 308 cm³/mol. The number of hydrogen-bond donors (Lipinski definition) is 3. The second-order valence-electron chi connectivity index (χ2n) is 24.8. The number of nitro groups is 1. The van der Waals surface area contributed by atoms with Crippen LogP contribution in [0.2, 0.25) is 25.7 Å². The van der Waals surface area contributed by atoms with Crippen molar-refractivity contribution in [3.05, 3.63) is 106 Å². The molecule has 2 aromatic heterocycles. The fraction of sp³-hybridized carbons (Fsp3) is 0.559. The van der Waals surface area contributed by atoms with Crippen LogP contribution in [0.4, 0.5) is 28.4 Å². The molecule has 3 aromatic carbocycles. The highest BCUT2D eigenvalue weighted by atomic mass is 32.2. The lowest BCUT2D eigenvalue weighted by Crippen LogP contribution is -2.56. The zero-order valence-corrected chi connectivity index (χ0v) is 48.3. The van der Waals surface area contributed by atoms with E-state index in [1.54, 1.807) is 6.07 Å². The fourth-order valence-electron chi connectivity index (χ4n) is 13.1. The van der Waals surface area contributed by atoms with Gasteiger partial charge in [0.15, 0.2) is 0 Å². The number of hydrogen-bond acceptors (Lipinski definition) is 15. The van der Waals surface area contributed by atoms with Gasteiger partial charge >= 0.3 is 0 Å². The SMILES string of the molecule is Cc1ccccc1[C@@H]1COCCCN1C1CC2(CCN(c3ccc(C(=O)NS(=O)(=O)c4ccc(NCC5CCC(C)(O)CC5)c([N+](=O)[O-])c4)c(N4c5cc6ccn(COCC[Si](C)(C)C)c6nc5O[C@H]5COCC[C@@H]54)c3)CC2)C1. The van der Waals surface area contributed by atoms with Gasteiger partial charge in [0, 0.05) is 83.5 Å². The van der Waals surface area contributed by atoms with E-state index in [1.807, 2.05) is 42.0 Å². The minimum Gasteiger partial charge on any atom is -0.468 e. The van der Waals surface area contributed by atoms with Gasteiger partial charge in [0.2, 0.25) is 5.88 Å². The number of fused-ring (bicyclic) bond motifs is 3. The van der Waals surface area contributed by atoms with Gasteiger partial charge in [0.05, 0.1) is 52.0 Å². The minimum atomic E-state index is -4.65. The maximum Gasteiger partial charge on any atom is 0.293 e. The average Bonchev–Trinajstić information content (AvgIpc) is 3.88. The summed E-state index contributed by atoms with van der Waals surface area (Å²) >= 11 is 0. The number of sulfonamides is 1. The maximum absolute atomic E-state index is 14.9. The predicted octanol–water partition coefficient (Wildman–Crippen LogP) is 9.94. The number of carbonyl (C=O) groups excluding carboxylic acids is 1. The maximum atomic E-state index is 14.9. The Balaban J connectivity index is 0.886. The monoisotopic (exact) mass is 1120 g/mol. The Kier molecular flexibility index (Phi) is 15.7. The fourth-order valence-corrected chi connectivity index (χ4v) is 14.8. The number of carbonyl (C=O) groups is 1. The third kappa shape index (κ3) is 11.9. The quantitative estimate of drug-likeness (QED) is 0.0364. The van der Waals surface area contributed by atoms with Crippen LogP contribution in [0.3, 0.4) is 0 Å². The van der Waals surface area contributed by atoms with E-state index in [2.05, 4.69) is 75.6 Å². The third-order valence-corrected chi connectivity index (χ3v) is 20.9. The molecular weight excluding hydrogens is 1040 g/mol. The molecule has 4 aliphatic heterocycles. The van der Waals surface area contributed by atoms with Crippen LogP contribution in [0.1, 0.15) is 98.7 Å². The summed E-state index contributed by atoms with van der Waals surface area (Å²) in [6.07, 6.45) is 10.2. The van der Waals surface area contributed by atoms with E-state index in [0.717, 1.165) is 94.4 Å². The summed E-state index contributed by atoms with van der Waals surface area (Å²) in [5.74, 6) is -0.328. The molecule has 20 heteroatoms. The lowest BCUT2D eigenvalue weighted by Gasteiger charge is -2.56. The van der Waals surface area contributed by atoms with Crippen LogP contribution in [0.25, 0.3) is 11.0 Å². The summed E-state index contributed by atoms with van der Waals surface area (Å²) in [6.45, 7) is 17.3. The summed E-state index contributed by atoms with van der Waals surface area (Å²) in [7, 11) is -5.96. The summed E-state index contributed by atoms with van der Waals surface area (Å²) in [4.78, 5) is 38.7. The smallest absolute Gasteiger partial charge is 0.293 e. The van der Waals surface area contributed by atoms with E-state index < -0.39 is 51.2 Å². The zero-order chi connectivity index (χ0) is 55.3. The van der Waals surface area contributed by atoms with Gasteiger partial charge in [0.1, 0.15) is 29.9 Å². The van der Waals surface area contributed by atoms with Gasteiger partial charge < -0.3 is 43.7 Å². The molecule has 0 radical (unpaired) electrons. The number of amides is 1. The summed E-state index contributed by atoms with van der Waals surface area (Å²) < 4.78 is 58.0. The van der Waals surface area contributed by atoms with Crippen molar-refractivity contribution in [1.82, 2.24) is 19.2 Å². The molecule has 0 bridgehead atoms. The number of piperidine rings is 1. The van der Waals surface area contributed by atoms with Crippen LogP contribution in [0.5, 0.6) is 5.88 Å². The van der Waals surface area contributed by atoms with Crippen molar-refractivity contribution >= 4 is 63.5 Å². The van der Waals surface area contributed by atoms with E-state index in [9.17, 15) is 28.4 Å². The van der Waals surface area contributed by atoms with Crippen molar-refractivity contribution < 1.29 is 42.2 Å². The molecule has 3 N–H and O–H groups in total. The molecule has 3 atom stereocenters. The molecule has 0 unspecified atom stereocenters. The standard InChI is InChI=1S/C59H78N8O10SSi/c1-40-9-6-7-10-46(40)53-37-74-27-8-23-65(53)44-34-59(35-44)21-25-63(26-22-59)43-11-13-47(56(68)62-78(72,73)45-12-14-48(51(33-45)67(70)71)60-36-41-15-19-58(2,69)20-16-41)50(32-43)66-49-18-28-75-38-54(49)77-57-52(66)31-42-17-24-64(55(42)61-57)39-76-29-30-79(3,4)5/h6-7,9-14,17,24,31-33,41,44,49,53-54,60,69H,8,15-16,18-23,25-30,34-39H2,1-5H3,(H,62,68)/t41?,49-,53-,54-,58?/m0/s1. The first-order valence-electron chi connectivity index (χ1n) is 28.5. The van der Waals surface area contributed by atoms with Crippen LogP contribution in [-0.2, 0) is 31.0 Å². The number of anilines is 4. The number of nitrogens with zero attached hydrogens (tertiary/aromatic N) is 6. The van der Waals surface area contributed by atoms with Crippen LogP contribution >= 0.6 is 0 Å². The number of aryl methyl sites for hydroxylation is 1. The Morgan fingerprint density at radius 2 is 1.71 bits per heavy atom. The summed E-state index contributed by atoms with van der Waals surface area (Å²) in [5.41, 5.74) is 4.75. The molecule has 3 saturated heterocycles. The van der Waals surface area contributed by atoms with E-state index in [-0.39, 0.29) is 41.3 Å². The van der Waals surface area contributed by atoms with E-state index >= 15 is 0 Å². The third-order valence-electron chi connectivity index (χ3n) is 17.9. The highest BCUT2D eigenvalue weighted by Gasteiger charge is 2.50. The Bertz CT molecular complexity index is 3160. The first kappa shape index (κ1) is 55.3. The Labute approximate surface area is 465 Å². The van der Waals surface area contributed by atoms with Crippen molar-refractivity contribution in [3.8, 4) is 5.88 Å².